The second-order valence-corrected chi connectivity index (χ2v) is 5.20. The summed E-state index contributed by atoms with van der Waals surface area (Å²) in [5.74, 6) is 0.396. The van der Waals surface area contributed by atoms with Crippen LogP contribution >= 0.6 is 28.3 Å². The van der Waals surface area contributed by atoms with E-state index in [1.165, 1.54) is 12.1 Å². The summed E-state index contributed by atoms with van der Waals surface area (Å²) in [5.41, 5.74) is 6.86. The molecule has 0 amide bonds. The van der Waals surface area contributed by atoms with Gasteiger partial charge in [-0.2, -0.15) is 0 Å². The minimum Gasteiger partial charge on any atom is -0.324 e. The summed E-state index contributed by atoms with van der Waals surface area (Å²) < 4.78 is 13.8. The average molecular weight is 311 g/mol. The van der Waals surface area contributed by atoms with Crippen LogP contribution in [0.4, 0.5) is 4.39 Å². The summed E-state index contributed by atoms with van der Waals surface area (Å²) in [6.07, 6.45) is 1.96. The van der Waals surface area contributed by atoms with Crippen LogP contribution in [0.25, 0.3) is 0 Å². The summed E-state index contributed by atoms with van der Waals surface area (Å²) in [6, 6.07) is 4.77. The smallest absolute Gasteiger partial charge is 0.124 e. The number of halogens is 3. The van der Waals surface area contributed by atoms with E-state index < -0.39 is 0 Å². The van der Waals surface area contributed by atoms with Crippen LogP contribution in [0.1, 0.15) is 38.3 Å². The minimum atomic E-state index is -0.237. The zero-order chi connectivity index (χ0) is 11.4. The molecule has 0 aliphatic heterocycles. The highest BCUT2D eigenvalue weighted by Crippen LogP contribution is 2.23. The third kappa shape index (κ3) is 5.28. The number of benzene rings is 1. The molecule has 0 saturated heterocycles. The lowest BCUT2D eigenvalue weighted by Gasteiger charge is -2.13. The first-order valence-electron chi connectivity index (χ1n) is 5.20. The van der Waals surface area contributed by atoms with Crippen LogP contribution in [-0.4, -0.2) is 0 Å². The van der Waals surface area contributed by atoms with E-state index in [9.17, 15) is 4.39 Å². The first-order valence-corrected chi connectivity index (χ1v) is 6.00. The summed E-state index contributed by atoms with van der Waals surface area (Å²) in [7, 11) is 0. The Bertz CT molecular complexity index is 311. The standard InChI is InChI=1S/C12H17BrFN.ClH/c1-8(2)3-4-12(15)9-5-10(13)7-11(14)6-9;/h5-8,12H,3-4,15H2,1-2H3;1H/t12-;/m1./s1. The zero-order valence-corrected chi connectivity index (χ0v) is 11.9. The van der Waals surface area contributed by atoms with Gasteiger partial charge in [0.2, 0.25) is 0 Å². The van der Waals surface area contributed by atoms with Crippen molar-refractivity contribution < 1.29 is 4.39 Å². The van der Waals surface area contributed by atoms with Gasteiger partial charge in [0.05, 0.1) is 0 Å². The quantitative estimate of drug-likeness (QED) is 0.874. The van der Waals surface area contributed by atoms with Crippen LogP contribution in [-0.2, 0) is 0 Å². The van der Waals surface area contributed by atoms with E-state index in [2.05, 4.69) is 29.8 Å². The summed E-state index contributed by atoms with van der Waals surface area (Å²) in [5, 5.41) is 0. The molecule has 1 rings (SSSR count). The normalized spacial score (nSPS) is 12.4. The number of nitrogens with two attached hydrogens (primary N) is 1. The lowest BCUT2D eigenvalue weighted by molar-refractivity contribution is 0.505. The Morgan fingerprint density at radius 2 is 1.88 bits per heavy atom. The highest BCUT2D eigenvalue weighted by atomic mass is 79.9. The molecule has 1 nitrogen and oxygen atoms in total. The van der Waals surface area contributed by atoms with Crippen molar-refractivity contribution in [3.63, 3.8) is 0 Å². The second kappa shape index (κ2) is 7.25. The van der Waals surface area contributed by atoms with Crippen LogP contribution in [0.5, 0.6) is 0 Å². The predicted molar refractivity (Wildman–Crippen MR) is 72.3 cm³/mol. The molecule has 2 N–H and O–H groups in total. The fraction of sp³-hybridized carbons (Fsp3) is 0.500. The maximum atomic E-state index is 13.1. The Balaban J connectivity index is 0.00000225. The monoisotopic (exact) mass is 309 g/mol. The Kier molecular flexibility index (Phi) is 7.20. The molecule has 0 spiro atoms. The Labute approximate surface area is 111 Å². The molecule has 4 heteroatoms. The van der Waals surface area contributed by atoms with Crippen molar-refractivity contribution in [2.24, 2.45) is 11.7 Å². The van der Waals surface area contributed by atoms with E-state index in [0.29, 0.717) is 5.92 Å². The van der Waals surface area contributed by atoms with E-state index in [4.69, 9.17) is 5.73 Å². The fourth-order valence-electron chi connectivity index (χ4n) is 1.47. The first kappa shape index (κ1) is 15.9. The minimum absolute atomic E-state index is 0. The molecule has 1 aromatic carbocycles. The van der Waals surface area contributed by atoms with Crippen molar-refractivity contribution in [2.75, 3.05) is 0 Å². The van der Waals surface area contributed by atoms with Crippen molar-refractivity contribution in [3.8, 4) is 0 Å². The lowest BCUT2D eigenvalue weighted by Crippen LogP contribution is -2.11. The van der Waals surface area contributed by atoms with E-state index in [0.717, 1.165) is 22.9 Å². The highest BCUT2D eigenvalue weighted by molar-refractivity contribution is 9.10. The summed E-state index contributed by atoms with van der Waals surface area (Å²) in [6.45, 7) is 4.32. The van der Waals surface area contributed by atoms with Gasteiger partial charge in [0.15, 0.2) is 0 Å². The second-order valence-electron chi connectivity index (χ2n) is 4.28. The van der Waals surface area contributed by atoms with Gasteiger partial charge < -0.3 is 5.73 Å². The molecule has 0 saturated carbocycles. The van der Waals surface area contributed by atoms with Crippen LogP contribution in [0, 0.1) is 11.7 Å². The van der Waals surface area contributed by atoms with E-state index in [-0.39, 0.29) is 24.3 Å². The molecule has 0 aromatic heterocycles. The Hall–Kier alpha value is -0.120. The Morgan fingerprint density at radius 3 is 2.38 bits per heavy atom. The molecular weight excluding hydrogens is 292 g/mol. The van der Waals surface area contributed by atoms with Gasteiger partial charge in [-0.05, 0) is 42.5 Å². The molecule has 0 unspecified atom stereocenters. The SMILES string of the molecule is CC(C)CC[C@@H](N)c1cc(F)cc(Br)c1.Cl. The van der Waals surface area contributed by atoms with E-state index >= 15 is 0 Å². The molecule has 0 aliphatic carbocycles. The van der Waals surface area contributed by atoms with Crippen LogP contribution in [0.3, 0.4) is 0 Å². The lowest BCUT2D eigenvalue weighted by atomic mass is 9.98. The number of rotatable bonds is 4. The van der Waals surface area contributed by atoms with Crippen LogP contribution < -0.4 is 5.73 Å². The first-order chi connectivity index (χ1) is 6.99. The zero-order valence-electron chi connectivity index (χ0n) is 9.54. The van der Waals surface area contributed by atoms with E-state index in [1.54, 1.807) is 0 Å². The largest absolute Gasteiger partial charge is 0.324 e. The van der Waals surface area contributed by atoms with Gasteiger partial charge >= 0.3 is 0 Å². The maximum Gasteiger partial charge on any atom is 0.124 e. The molecule has 1 atom stereocenters. The average Bonchev–Trinajstić information content (AvgIpc) is 2.12. The van der Waals surface area contributed by atoms with Crippen molar-refractivity contribution in [1.82, 2.24) is 0 Å². The van der Waals surface area contributed by atoms with Gasteiger partial charge in [-0.25, -0.2) is 4.39 Å². The predicted octanol–water partition coefficient (Wildman–Crippen LogP) is 4.45. The van der Waals surface area contributed by atoms with Crippen LogP contribution in [0.15, 0.2) is 22.7 Å². The molecule has 16 heavy (non-hydrogen) atoms. The van der Waals surface area contributed by atoms with Crippen molar-refractivity contribution >= 4 is 28.3 Å². The van der Waals surface area contributed by atoms with Gasteiger partial charge in [-0.15, -0.1) is 12.4 Å². The third-order valence-corrected chi connectivity index (χ3v) is 2.83. The van der Waals surface area contributed by atoms with E-state index in [1.807, 2.05) is 6.07 Å². The van der Waals surface area contributed by atoms with Crippen molar-refractivity contribution in [3.05, 3.63) is 34.1 Å². The third-order valence-electron chi connectivity index (χ3n) is 2.37. The number of hydrogen-bond acceptors (Lipinski definition) is 1. The highest BCUT2D eigenvalue weighted by Gasteiger charge is 2.09. The molecule has 0 aliphatic rings. The molecule has 0 fully saturated rings. The molecule has 0 heterocycles. The molecule has 1 aromatic rings. The summed E-state index contributed by atoms with van der Waals surface area (Å²) in [4.78, 5) is 0. The molecule has 92 valence electrons. The van der Waals surface area contributed by atoms with Gasteiger partial charge in [0.25, 0.3) is 0 Å². The van der Waals surface area contributed by atoms with Crippen LogP contribution in [0.2, 0.25) is 0 Å². The Morgan fingerprint density at radius 1 is 1.25 bits per heavy atom. The van der Waals surface area contributed by atoms with Gasteiger partial charge in [0, 0.05) is 10.5 Å². The molecular formula is C12H18BrClFN. The van der Waals surface area contributed by atoms with Gasteiger partial charge in [-0.1, -0.05) is 29.8 Å². The topological polar surface area (TPSA) is 26.0 Å². The fourth-order valence-corrected chi connectivity index (χ4v) is 1.95. The summed E-state index contributed by atoms with van der Waals surface area (Å²) >= 11 is 3.27. The van der Waals surface area contributed by atoms with Gasteiger partial charge in [-0.3, -0.25) is 0 Å². The van der Waals surface area contributed by atoms with Crippen molar-refractivity contribution in [2.45, 2.75) is 32.7 Å². The number of hydrogen-bond donors (Lipinski definition) is 1. The molecule has 0 radical (unpaired) electrons. The molecule has 0 bridgehead atoms. The van der Waals surface area contributed by atoms with Crippen molar-refractivity contribution in [1.29, 1.82) is 0 Å². The van der Waals surface area contributed by atoms with Gasteiger partial charge in [0.1, 0.15) is 5.82 Å². The maximum absolute atomic E-state index is 13.1.